The molecular formula is C17H32N2O4S2. The molecule has 2 rings (SSSR count). The smallest absolute Gasteiger partial charge is 0.249 e. The molecule has 0 aromatic carbocycles. The lowest BCUT2D eigenvalue weighted by molar-refractivity contribution is -0.456. The van der Waals surface area contributed by atoms with Gasteiger partial charge in [0.1, 0.15) is 0 Å². The fourth-order valence-corrected chi connectivity index (χ4v) is 9.76. The SMILES string of the molecule is CC(C)N(C(C)C)S(=O)(=O)C[C@]12CC[C@H](C[C@H]1SC[N+](=O)[O-])C2(C)C. The van der Waals surface area contributed by atoms with Gasteiger partial charge in [-0.2, -0.15) is 4.31 Å². The predicted octanol–water partition coefficient (Wildman–Crippen LogP) is 3.60. The van der Waals surface area contributed by atoms with Gasteiger partial charge in [0.05, 0.1) is 5.75 Å². The molecule has 0 aliphatic heterocycles. The Morgan fingerprint density at radius 3 is 2.24 bits per heavy atom. The first-order chi connectivity index (χ1) is 11.3. The molecule has 0 saturated heterocycles. The highest BCUT2D eigenvalue weighted by molar-refractivity contribution is 7.99. The third kappa shape index (κ3) is 3.58. The van der Waals surface area contributed by atoms with Crippen LogP contribution in [0.15, 0.2) is 0 Å². The summed E-state index contributed by atoms with van der Waals surface area (Å²) < 4.78 is 28.2. The molecule has 2 fully saturated rings. The fourth-order valence-electron chi connectivity index (χ4n) is 5.36. The zero-order valence-electron chi connectivity index (χ0n) is 16.2. The minimum absolute atomic E-state index is 0.0441. The number of hydrogen-bond donors (Lipinski definition) is 0. The lowest BCUT2D eigenvalue weighted by atomic mass is 9.70. The van der Waals surface area contributed by atoms with Crippen LogP contribution in [0.2, 0.25) is 0 Å². The summed E-state index contributed by atoms with van der Waals surface area (Å²) in [5.41, 5.74) is -0.479. The van der Waals surface area contributed by atoms with Crippen LogP contribution < -0.4 is 0 Å². The zero-order valence-corrected chi connectivity index (χ0v) is 17.8. The van der Waals surface area contributed by atoms with Crippen LogP contribution >= 0.6 is 11.8 Å². The molecule has 0 aromatic rings. The quantitative estimate of drug-likeness (QED) is 0.358. The van der Waals surface area contributed by atoms with Crippen molar-refractivity contribution in [2.75, 3.05) is 11.6 Å². The average Bonchev–Trinajstić information content (AvgIpc) is 2.76. The van der Waals surface area contributed by atoms with E-state index >= 15 is 0 Å². The average molecular weight is 393 g/mol. The van der Waals surface area contributed by atoms with Crippen LogP contribution in [0.5, 0.6) is 0 Å². The lowest BCUT2D eigenvalue weighted by Crippen LogP contribution is -2.50. The summed E-state index contributed by atoms with van der Waals surface area (Å²) in [5, 5.41) is 10.9. The molecule has 0 N–H and O–H groups in total. The molecule has 0 amide bonds. The normalized spacial score (nSPS) is 31.4. The van der Waals surface area contributed by atoms with E-state index in [4.69, 9.17) is 0 Å². The maximum atomic E-state index is 13.3. The number of fused-ring (bicyclic) bond motifs is 2. The number of thioether (sulfide) groups is 1. The van der Waals surface area contributed by atoms with Crippen LogP contribution in [0.4, 0.5) is 0 Å². The van der Waals surface area contributed by atoms with Crippen molar-refractivity contribution < 1.29 is 13.3 Å². The molecule has 0 heterocycles. The van der Waals surface area contributed by atoms with Crippen LogP contribution in [0, 0.1) is 26.9 Å². The highest BCUT2D eigenvalue weighted by atomic mass is 32.2. The van der Waals surface area contributed by atoms with E-state index in [2.05, 4.69) is 13.8 Å². The van der Waals surface area contributed by atoms with Gasteiger partial charge < -0.3 is 0 Å². The van der Waals surface area contributed by atoms with E-state index in [0.717, 1.165) is 19.3 Å². The summed E-state index contributed by atoms with van der Waals surface area (Å²) in [4.78, 5) is 10.6. The maximum Gasteiger partial charge on any atom is 0.249 e. The lowest BCUT2D eigenvalue weighted by Gasteiger charge is -2.43. The zero-order chi connectivity index (χ0) is 19.2. The molecule has 25 heavy (non-hydrogen) atoms. The molecule has 0 radical (unpaired) electrons. The number of hydrogen-bond acceptors (Lipinski definition) is 5. The van der Waals surface area contributed by atoms with Gasteiger partial charge in [0, 0.05) is 27.7 Å². The van der Waals surface area contributed by atoms with Crippen molar-refractivity contribution in [3.63, 3.8) is 0 Å². The Balaban J connectivity index is 2.36. The molecule has 2 aliphatic carbocycles. The van der Waals surface area contributed by atoms with Crippen LogP contribution in [0.3, 0.4) is 0 Å². The minimum Gasteiger partial charge on any atom is -0.264 e. The van der Waals surface area contributed by atoms with Crippen molar-refractivity contribution in [1.29, 1.82) is 0 Å². The van der Waals surface area contributed by atoms with Crippen LogP contribution in [0.25, 0.3) is 0 Å². The summed E-state index contributed by atoms with van der Waals surface area (Å²) in [6.07, 6.45) is 2.77. The van der Waals surface area contributed by atoms with Gasteiger partial charge in [0.15, 0.2) is 0 Å². The van der Waals surface area contributed by atoms with Crippen LogP contribution in [0.1, 0.15) is 60.8 Å². The topological polar surface area (TPSA) is 80.5 Å². The third-order valence-corrected chi connectivity index (χ3v) is 10.3. The Hall–Kier alpha value is -0.340. The van der Waals surface area contributed by atoms with E-state index in [1.165, 1.54) is 11.8 Å². The van der Waals surface area contributed by atoms with Gasteiger partial charge in [-0.3, -0.25) is 10.1 Å². The standard InChI is InChI=1S/C17H32N2O4S2/c1-12(2)19(13(3)4)25(22,23)10-17-8-7-14(16(17,5)6)9-15(17)24-11-18(20)21/h12-15H,7-11H2,1-6H3/t14-,15-,17-/m1/s1. The monoisotopic (exact) mass is 392 g/mol. The Morgan fingerprint density at radius 2 is 1.80 bits per heavy atom. The summed E-state index contributed by atoms with van der Waals surface area (Å²) >= 11 is 1.34. The molecule has 8 heteroatoms. The highest BCUT2D eigenvalue weighted by Gasteiger charge is 2.65. The van der Waals surface area contributed by atoms with E-state index < -0.39 is 10.0 Å². The van der Waals surface area contributed by atoms with E-state index in [1.807, 2.05) is 27.7 Å². The Kier molecular flexibility index (Phi) is 5.87. The molecular weight excluding hydrogens is 360 g/mol. The van der Waals surface area contributed by atoms with Crippen molar-refractivity contribution in [1.82, 2.24) is 4.31 Å². The van der Waals surface area contributed by atoms with Gasteiger partial charge in [0.25, 0.3) is 0 Å². The van der Waals surface area contributed by atoms with Gasteiger partial charge in [-0.15, -0.1) is 0 Å². The van der Waals surface area contributed by atoms with Crippen molar-refractivity contribution in [2.45, 2.75) is 78.1 Å². The van der Waals surface area contributed by atoms with Gasteiger partial charge in [-0.05, 0) is 58.3 Å². The first kappa shape index (κ1) is 21.0. The summed E-state index contributed by atoms with van der Waals surface area (Å²) in [5.74, 6) is 0.418. The summed E-state index contributed by atoms with van der Waals surface area (Å²) in [6.45, 7) is 12.0. The maximum absolute atomic E-state index is 13.3. The number of nitrogens with zero attached hydrogens (tertiary/aromatic N) is 2. The second-order valence-electron chi connectivity index (χ2n) is 8.74. The summed E-state index contributed by atoms with van der Waals surface area (Å²) in [7, 11) is -3.44. The molecule has 2 aliphatic rings. The first-order valence-corrected chi connectivity index (χ1v) is 11.8. The van der Waals surface area contributed by atoms with Crippen molar-refractivity contribution in [3.05, 3.63) is 10.1 Å². The fraction of sp³-hybridized carbons (Fsp3) is 1.00. The van der Waals surface area contributed by atoms with Crippen LogP contribution in [-0.4, -0.2) is 46.6 Å². The number of rotatable bonds is 8. The molecule has 2 saturated carbocycles. The summed E-state index contributed by atoms with van der Waals surface area (Å²) in [6, 6.07) is -0.180. The minimum atomic E-state index is -3.44. The van der Waals surface area contributed by atoms with E-state index in [1.54, 1.807) is 4.31 Å². The van der Waals surface area contributed by atoms with Crippen molar-refractivity contribution in [3.8, 4) is 0 Å². The highest BCUT2D eigenvalue weighted by Crippen LogP contribution is 2.68. The number of nitro groups is 1. The first-order valence-electron chi connectivity index (χ1n) is 9.10. The second kappa shape index (κ2) is 7.00. The molecule has 6 nitrogen and oxygen atoms in total. The Morgan fingerprint density at radius 1 is 1.24 bits per heavy atom. The van der Waals surface area contributed by atoms with E-state index in [0.29, 0.717) is 5.92 Å². The van der Waals surface area contributed by atoms with Crippen molar-refractivity contribution >= 4 is 21.8 Å². The second-order valence-corrected chi connectivity index (χ2v) is 11.8. The molecule has 0 spiro atoms. The molecule has 0 aromatic heterocycles. The molecule has 0 unspecified atom stereocenters. The van der Waals surface area contributed by atoms with Gasteiger partial charge in [-0.25, -0.2) is 8.42 Å². The van der Waals surface area contributed by atoms with Crippen LogP contribution in [-0.2, 0) is 10.0 Å². The van der Waals surface area contributed by atoms with E-state index in [9.17, 15) is 18.5 Å². The van der Waals surface area contributed by atoms with E-state index in [-0.39, 0.29) is 44.7 Å². The van der Waals surface area contributed by atoms with Crippen molar-refractivity contribution in [2.24, 2.45) is 16.7 Å². The third-order valence-electron chi connectivity index (χ3n) is 6.52. The number of sulfonamides is 1. The Labute approximate surface area is 156 Å². The Bertz CT molecular complexity index is 610. The van der Waals surface area contributed by atoms with Gasteiger partial charge in [-0.1, -0.05) is 25.6 Å². The predicted molar refractivity (Wildman–Crippen MR) is 103 cm³/mol. The largest absolute Gasteiger partial charge is 0.264 e. The molecule has 3 atom stereocenters. The molecule has 146 valence electrons. The molecule has 2 bridgehead atoms. The van der Waals surface area contributed by atoms with Gasteiger partial charge >= 0.3 is 0 Å². The van der Waals surface area contributed by atoms with Gasteiger partial charge in [0.2, 0.25) is 15.9 Å².